The number of anilines is 2. The van der Waals surface area contributed by atoms with Crippen LogP contribution in [0.25, 0.3) is 10.8 Å². The zero-order valence-electron chi connectivity index (χ0n) is 39.2. The van der Waals surface area contributed by atoms with E-state index >= 15 is 19.2 Å². The first-order chi connectivity index (χ1) is 29.9. The van der Waals surface area contributed by atoms with Crippen molar-refractivity contribution in [1.29, 1.82) is 0 Å². The third kappa shape index (κ3) is 8.35. The Morgan fingerprint density at radius 1 is 0.375 bits per heavy atom. The zero-order chi connectivity index (χ0) is 46.3. The van der Waals surface area contributed by atoms with Crippen molar-refractivity contribution < 1.29 is 19.2 Å². The normalized spacial score (nSPS) is 14.6. The highest BCUT2D eigenvalue weighted by atomic mass is 32.2. The van der Waals surface area contributed by atoms with E-state index in [1.165, 1.54) is 44.5 Å². The number of imide groups is 2. The molecule has 0 fully saturated rings. The minimum absolute atomic E-state index is 0.0107. The molecule has 2 heterocycles. The Bertz CT molecular complexity index is 2650. The van der Waals surface area contributed by atoms with Gasteiger partial charge in [0.1, 0.15) is 0 Å². The van der Waals surface area contributed by atoms with Gasteiger partial charge in [-0.05, 0) is 91.4 Å². The molecule has 6 aromatic rings. The van der Waals surface area contributed by atoms with Crippen LogP contribution < -0.4 is 9.80 Å². The van der Waals surface area contributed by atoms with Crippen LogP contribution in [0, 0.1) is 0 Å². The Labute approximate surface area is 387 Å². The SMILES string of the molecule is CC(C)(C)c1ccc(CSc2cc3c4c(c(SCc5ccc(C(C)(C)C)cc5)cc5c4c2C(=O)N(c2ccc(C(C)(C)C)cc2)C5=O)C(=O)N(c2ccc(C(C)(C)C)cc2)C3=O)cc1. The summed E-state index contributed by atoms with van der Waals surface area (Å²) in [7, 11) is 0. The van der Waals surface area contributed by atoms with Crippen molar-refractivity contribution in [3.63, 3.8) is 0 Å². The summed E-state index contributed by atoms with van der Waals surface area (Å²) in [4.78, 5) is 64.1. The molecule has 64 heavy (non-hydrogen) atoms. The molecule has 0 spiro atoms. The van der Waals surface area contributed by atoms with Crippen LogP contribution in [0.5, 0.6) is 0 Å². The summed E-state index contributed by atoms with van der Waals surface area (Å²) < 4.78 is 0. The molecule has 0 saturated heterocycles. The van der Waals surface area contributed by atoms with Gasteiger partial charge in [0, 0.05) is 32.1 Å². The molecule has 0 atom stereocenters. The van der Waals surface area contributed by atoms with Gasteiger partial charge >= 0.3 is 0 Å². The molecule has 0 N–H and O–H groups in total. The number of hydrogen-bond acceptors (Lipinski definition) is 6. The van der Waals surface area contributed by atoms with Crippen molar-refractivity contribution in [1.82, 2.24) is 0 Å². The van der Waals surface area contributed by atoms with Crippen molar-refractivity contribution in [2.24, 2.45) is 0 Å². The summed E-state index contributed by atoms with van der Waals surface area (Å²) >= 11 is 2.92. The molecule has 328 valence electrons. The van der Waals surface area contributed by atoms with Gasteiger partial charge in [-0.2, -0.15) is 0 Å². The highest BCUT2D eigenvalue weighted by molar-refractivity contribution is 7.99. The number of rotatable bonds is 8. The Morgan fingerprint density at radius 2 is 0.641 bits per heavy atom. The lowest BCUT2D eigenvalue weighted by Gasteiger charge is -2.34. The van der Waals surface area contributed by atoms with Crippen LogP contribution >= 0.6 is 23.5 Å². The molecule has 0 saturated carbocycles. The average Bonchev–Trinajstić information content (AvgIpc) is 3.22. The van der Waals surface area contributed by atoms with Crippen molar-refractivity contribution >= 4 is 69.3 Å². The van der Waals surface area contributed by atoms with E-state index in [1.807, 2.05) is 48.5 Å². The molecule has 0 aliphatic carbocycles. The Hall–Kier alpha value is -5.44. The van der Waals surface area contributed by atoms with E-state index in [2.05, 4.69) is 132 Å². The van der Waals surface area contributed by atoms with Gasteiger partial charge in [0.05, 0.1) is 33.6 Å². The van der Waals surface area contributed by atoms with Crippen molar-refractivity contribution in [3.8, 4) is 0 Å². The number of amides is 4. The van der Waals surface area contributed by atoms with E-state index in [9.17, 15) is 0 Å². The summed E-state index contributed by atoms with van der Waals surface area (Å²) in [5.41, 5.74) is 8.54. The predicted octanol–water partition coefficient (Wildman–Crippen LogP) is 14.2. The smallest absolute Gasteiger partial charge is 0.267 e. The molecule has 0 unspecified atom stereocenters. The second-order valence-corrected chi connectivity index (χ2v) is 23.3. The largest absolute Gasteiger partial charge is 0.268 e. The summed E-state index contributed by atoms with van der Waals surface area (Å²) in [6, 6.07) is 35.8. The van der Waals surface area contributed by atoms with Gasteiger partial charge in [0.2, 0.25) is 0 Å². The average molecular weight is 887 g/mol. The quantitative estimate of drug-likeness (QED) is 0.112. The number of thioether (sulfide) groups is 2. The maximum Gasteiger partial charge on any atom is 0.267 e. The summed E-state index contributed by atoms with van der Waals surface area (Å²) in [6.45, 7) is 25.8. The number of carbonyl (C=O) groups excluding carboxylic acids is 4. The van der Waals surface area contributed by atoms with Gasteiger partial charge in [-0.1, -0.05) is 156 Å². The first-order valence-electron chi connectivity index (χ1n) is 22.0. The summed E-state index contributed by atoms with van der Waals surface area (Å²) in [5, 5.41) is 0.720. The van der Waals surface area contributed by atoms with Crippen LogP contribution in [0.1, 0.15) is 158 Å². The molecule has 6 aromatic carbocycles. The van der Waals surface area contributed by atoms with E-state index < -0.39 is 23.6 Å². The predicted molar refractivity (Wildman–Crippen MR) is 266 cm³/mol. The van der Waals surface area contributed by atoms with Crippen LogP contribution in [-0.2, 0) is 33.2 Å². The minimum atomic E-state index is -0.491. The summed E-state index contributed by atoms with van der Waals surface area (Å²) in [6.07, 6.45) is 0. The Balaban J connectivity index is 1.33. The third-order valence-corrected chi connectivity index (χ3v) is 14.7. The van der Waals surface area contributed by atoms with Crippen LogP contribution in [-0.4, -0.2) is 23.6 Å². The van der Waals surface area contributed by atoms with Crippen LogP contribution in [0.2, 0.25) is 0 Å². The monoisotopic (exact) mass is 886 g/mol. The standard InChI is InChI=1S/C56H58N2O4S2/c1-53(2,3)35-17-13-33(14-18-35)31-63-43-29-41-46-45-42(50(60)57(51(61)47(43)45)39-25-21-37(22-26-39)55(7,8)9)30-44(64-32-34-15-19-36(20-16-34)54(4,5)6)48(46)52(62)58(49(41)59)40-27-23-38(24-28-40)56(10,11)12/h13-30H,31-32H2,1-12H3. The fourth-order valence-electron chi connectivity index (χ4n) is 8.44. The van der Waals surface area contributed by atoms with E-state index in [4.69, 9.17) is 0 Å². The Morgan fingerprint density at radius 3 is 0.906 bits per heavy atom. The van der Waals surface area contributed by atoms with E-state index in [-0.39, 0.29) is 21.7 Å². The van der Waals surface area contributed by atoms with E-state index in [1.54, 1.807) is 12.1 Å². The zero-order valence-corrected chi connectivity index (χ0v) is 40.8. The number of hydrogen-bond donors (Lipinski definition) is 0. The molecule has 8 rings (SSSR count). The first kappa shape index (κ1) is 45.1. The Kier molecular flexibility index (Phi) is 11.4. The molecule has 6 nitrogen and oxygen atoms in total. The molecular formula is C56H58N2O4S2. The van der Waals surface area contributed by atoms with Gasteiger partial charge in [-0.3, -0.25) is 19.2 Å². The molecule has 4 amide bonds. The molecule has 0 bridgehead atoms. The fraction of sp³-hybridized carbons (Fsp3) is 0.321. The first-order valence-corrected chi connectivity index (χ1v) is 24.0. The molecule has 2 aliphatic heterocycles. The van der Waals surface area contributed by atoms with Crippen LogP contribution in [0.15, 0.2) is 119 Å². The second kappa shape index (κ2) is 16.2. The topological polar surface area (TPSA) is 74.8 Å². The minimum Gasteiger partial charge on any atom is -0.268 e. The van der Waals surface area contributed by atoms with Gasteiger partial charge < -0.3 is 0 Å². The number of carbonyl (C=O) groups is 4. The lowest BCUT2D eigenvalue weighted by Crippen LogP contribution is -2.44. The van der Waals surface area contributed by atoms with Crippen molar-refractivity contribution in [2.75, 3.05) is 9.80 Å². The summed E-state index contributed by atoms with van der Waals surface area (Å²) in [5.74, 6) is -0.921. The van der Waals surface area contributed by atoms with Gasteiger partial charge in [-0.15, -0.1) is 23.5 Å². The van der Waals surface area contributed by atoms with E-state index in [0.717, 1.165) is 22.3 Å². The highest BCUT2D eigenvalue weighted by Gasteiger charge is 2.44. The molecule has 8 heteroatoms. The fourth-order valence-corrected chi connectivity index (χ4v) is 10.5. The van der Waals surface area contributed by atoms with Gasteiger partial charge in [-0.25, -0.2) is 9.80 Å². The maximum atomic E-state index is 15.2. The second-order valence-electron chi connectivity index (χ2n) is 21.3. The number of benzene rings is 6. The third-order valence-electron chi connectivity index (χ3n) is 12.4. The number of nitrogens with zero attached hydrogens (tertiary/aromatic N) is 2. The van der Waals surface area contributed by atoms with Crippen LogP contribution in [0.3, 0.4) is 0 Å². The lowest BCUT2D eigenvalue weighted by molar-refractivity contribution is 0.0870. The molecule has 2 aliphatic rings. The lowest BCUT2D eigenvalue weighted by atomic mass is 9.84. The van der Waals surface area contributed by atoms with Gasteiger partial charge in [0.25, 0.3) is 23.6 Å². The molecule has 0 aromatic heterocycles. The maximum absolute atomic E-state index is 15.2. The highest BCUT2D eigenvalue weighted by Crippen LogP contribution is 2.48. The van der Waals surface area contributed by atoms with Crippen molar-refractivity contribution in [2.45, 2.75) is 126 Å². The van der Waals surface area contributed by atoms with Gasteiger partial charge in [0.15, 0.2) is 0 Å². The van der Waals surface area contributed by atoms with E-state index in [0.29, 0.717) is 65.7 Å². The molecule has 0 radical (unpaired) electrons. The van der Waals surface area contributed by atoms with Crippen LogP contribution in [0.4, 0.5) is 11.4 Å². The van der Waals surface area contributed by atoms with Crippen molar-refractivity contribution in [3.05, 3.63) is 165 Å². The molecular weight excluding hydrogens is 829 g/mol.